The normalized spacial score (nSPS) is 12.9. The summed E-state index contributed by atoms with van der Waals surface area (Å²) >= 11 is 5.29. The first-order valence-corrected chi connectivity index (χ1v) is 7.43. The molecule has 0 saturated heterocycles. The third-order valence-corrected chi connectivity index (χ3v) is 5.01. The van der Waals surface area contributed by atoms with Crippen molar-refractivity contribution in [1.29, 1.82) is 0 Å². The van der Waals surface area contributed by atoms with E-state index in [4.69, 9.17) is 0 Å². The predicted octanol–water partition coefficient (Wildman–Crippen LogP) is 4.84. The number of rotatable bonds is 4. The lowest BCUT2D eigenvalue weighted by Gasteiger charge is -2.24. The minimum Gasteiger partial charge on any atom is -0.295 e. The van der Waals surface area contributed by atoms with Crippen LogP contribution < -0.4 is 0 Å². The van der Waals surface area contributed by atoms with E-state index in [1.54, 1.807) is 11.3 Å². The Labute approximate surface area is 119 Å². The van der Waals surface area contributed by atoms with Gasteiger partial charge in [-0.3, -0.25) is 4.90 Å². The fraction of sp³-hybridized carbons (Fsp3) is 0.286. The Hall–Kier alpha value is -0.710. The first-order chi connectivity index (χ1) is 8.58. The highest BCUT2D eigenvalue weighted by atomic mass is 79.9. The maximum absolute atomic E-state index is 12.9. The van der Waals surface area contributed by atoms with Crippen LogP contribution in [-0.2, 0) is 6.54 Å². The number of halogens is 2. The Balaban J connectivity index is 2.07. The summed E-state index contributed by atoms with van der Waals surface area (Å²) in [5.74, 6) is -0.186. The molecule has 0 radical (unpaired) electrons. The summed E-state index contributed by atoms with van der Waals surface area (Å²) in [6.07, 6.45) is 0. The van der Waals surface area contributed by atoms with Gasteiger partial charge in [-0.05, 0) is 59.0 Å². The molecule has 0 aliphatic heterocycles. The second-order valence-electron chi connectivity index (χ2n) is 4.33. The summed E-state index contributed by atoms with van der Waals surface area (Å²) in [5, 5.41) is 2.08. The molecule has 2 rings (SSSR count). The fourth-order valence-electron chi connectivity index (χ4n) is 1.80. The van der Waals surface area contributed by atoms with Crippen LogP contribution in [0.4, 0.5) is 4.39 Å². The molecule has 0 bridgehead atoms. The molecule has 1 atom stereocenters. The van der Waals surface area contributed by atoms with E-state index in [9.17, 15) is 4.39 Å². The summed E-state index contributed by atoms with van der Waals surface area (Å²) in [7, 11) is 2.08. The van der Waals surface area contributed by atoms with Gasteiger partial charge in [0.25, 0.3) is 0 Å². The number of hydrogen-bond acceptors (Lipinski definition) is 2. The van der Waals surface area contributed by atoms with Crippen LogP contribution in [0.25, 0.3) is 0 Å². The quantitative estimate of drug-likeness (QED) is 0.776. The lowest BCUT2D eigenvalue weighted by Crippen LogP contribution is -2.21. The molecule has 18 heavy (non-hydrogen) atoms. The first-order valence-electron chi connectivity index (χ1n) is 5.75. The Kier molecular flexibility index (Phi) is 4.54. The molecule has 2 aromatic rings. The molecule has 96 valence electrons. The Morgan fingerprint density at radius 1 is 1.28 bits per heavy atom. The molecule has 0 spiro atoms. The maximum Gasteiger partial charge on any atom is 0.123 e. The van der Waals surface area contributed by atoms with Crippen molar-refractivity contribution in [2.75, 3.05) is 7.05 Å². The van der Waals surface area contributed by atoms with E-state index < -0.39 is 0 Å². The van der Waals surface area contributed by atoms with Crippen LogP contribution in [-0.4, -0.2) is 11.9 Å². The summed E-state index contributed by atoms with van der Waals surface area (Å²) in [4.78, 5) is 3.57. The van der Waals surface area contributed by atoms with Gasteiger partial charge in [0.2, 0.25) is 0 Å². The SMILES string of the molecule is CC(c1ccc(F)cc1)N(C)Cc1sccc1Br. The highest BCUT2D eigenvalue weighted by Crippen LogP contribution is 2.27. The smallest absolute Gasteiger partial charge is 0.123 e. The van der Waals surface area contributed by atoms with Crippen LogP contribution in [0.5, 0.6) is 0 Å². The lowest BCUT2D eigenvalue weighted by molar-refractivity contribution is 0.255. The third kappa shape index (κ3) is 3.19. The summed E-state index contributed by atoms with van der Waals surface area (Å²) in [6.45, 7) is 3.02. The molecule has 0 amide bonds. The minimum absolute atomic E-state index is 0.186. The molecule has 1 unspecified atom stereocenters. The van der Waals surface area contributed by atoms with Gasteiger partial charge in [-0.1, -0.05) is 12.1 Å². The van der Waals surface area contributed by atoms with Crippen LogP contribution in [0.1, 0.15) is 23.4 Å². The van der Waals surface area contributed by atoms with Gasteiger partial charge in [0, 0.05) is 21.9 Å². The molecule has 1 nitrogen and oxygen atoms in total. The van der Waals surface area contributed by atoms with E-state index in [1.807, 2.05) is 12.1 Å². The number of hydrogen-bond donors (Lipinski definition) is 0. The van der Waals surface area contributed by atoms with E-state index in [0.717, 1.165) is 16.6 Å². The number of benzene rings is 1. The van der Waals surface area contributed by atoms with Crippen LogP contribution in [0, 0.1) is 5.82 Å². The Morgan fingerprint density at radius 2 is 1.94 bits per heavy atom. The molecule has 1 heterocycles. The average molecular weight is 328 g/mol. The second kappa shape index (κ2) is 5.95. The van der Waals surface area contributed by atoms with E-state index in [0.29, 0.717) is 0 Å². The lowest BCUT2D eigenvalue weighted by atomic mass is 10.1. The van der Waals surface area contributed by atoms with Crippen molar-refractivity contribution in [3.05, 3.63) is 56.4 Å². The van der Waals surface area contributed by atoms with E-state index in [-0.39, 0.29) is 11.9 Å². The van der Waals surface area contributed by atoms with Crippen molar-refractivity contribution >= 4 is 27.3 Å². The van der Waals surface area contributed by atoms with Crippen molar-refractivity contribution < 1.29 is 4.39 Å². The highest BCUT2D eigenvalue weighted by Gasteiger charge is 2.13. The molecule has 4 heteroatoms. The Morgan fingerprint density at radius 3 is 2.50 bits per heavy atom. The van der Waals surface area contributed by atoms with Crippen LogP contribution in [0.2, 0.25) is 0 Å². The maximum atomic E-state index is 12.9. The average Bonchev–Trinajstić information content (AvgIpc) is 2.75. The Bertz CT molecular complexity index is 509. The van der Waals surface area contributed by atoms with Gasteiger partial charge >= 0.3 is 0 Å². The highest BCUT2D eigenvalue weighted by molar-refractivity contribution is 9.10. The zero-order valence-electron chi connectivity index (χ0n) is 10.4. The van der Waals surface area contributed by atoms with Crippen molar-refractivity contribution in [3.63, 3.8) is 0 Å². The molecule has 1 aromatic carbocycles. The van der Waals surface area contributed by atoms with Gasteiger partial charge in [0.1, 0.15) is 5.82 Å². The van der Waals surface area contributed by atoms with Crippen LogP contribution >= 0.6 is 27.3 Å². The van der Waals surface area contributed by atoms with Gasteiger partial charge in [0.05, 0.1) is 0 Å². The van der Waals surface area contributed by atoms with Crippen LogP contribution in [0.3, 0.4) is 0 Å². The molecule has 0 saturated carbocycles. The molecule has 0 N–H and O–H groups in total. The van der Waals surface area contributed by atoms with Gasteiger partial charge < -0.3 is 0 Å². The zero-order valence-corrected chi connectivity index (χ0v) is 12.8. The minimum atomic E-state index is -0.186. The largest absolute Gasteiger partial charge is 0.295 e. The van der Waals surface area contributed by atoms with Gasteiger partial charge in [-0.15, -0.1) is 11.3 Å². The van der Waals surface area contributed by atoms with E-state index in [2.05, 4.69) is 46.2 Å². The number of thiophene rings is 1. The third-order valence-electron chi connectivity index (χ3n) is 3.10. The summed E-state index contributed by atoms with van der Waals surface area (Å²) < 4.78 is 14.0. The first kappa shape index (κ1) is 13.7. The van der Waals surface area contributed by atoms with Crippen molar-refractivity contribution in [1.82, 2.24) is 4.90 Å². The molecular formula is C14H15BrFNS. The zero-order chi connectivity index (χ0) is 13.1. The summed E-state index contributed by atoms with van der Waals surface area (Å²) in [6, 6.07) is 9.05. The molecule has 0 fully saturated rings. The van der Waals surface area contributed by atoms with Crippen molar-refractivity contribution in [2.45, 2.75) is 19.5 Å². The van der Waals surface area contributed by atoms with Crippen molar-refractivity contribution in [2.24, 2.45) is 0 Å². The predicted molar refractivity (Wildman–Crippen MR) is 78.3 cm³/mol. The topological polar surface area (TPSA) is 3.24 Å². The fourth-order valence-corrected chi connectivity index (χ4v) is 3.34. The molecule has 0 aliphatic carbocycles. The summed E-state index contributed by atoms with van der Waals surface area (Å²) in [5.41, 5.74) is 1.13. The van der Waals surface area contributed by atoms with E-state index >= 15 is 0 Å². The van der Waals surface area contributed by atoms with Gasteiger partial charge in [0.15, 0.2) is 0 Å². The van der Waals surface area contributed by atoms with Gasteiger partial charge in [-0.2, -0.15) is 0 Å². The number of nitrogens with zero attached hydrogens (tertiary/aromatic N) is 1. The standard InChI is InChI=1S/C14H15BrFNS/c1-10(11-3-5-12(16)6-4-11)17(2)9-14-13(15)7-8-18-14/h3-8,10H,9H2,1-2H3. The van der Waals surface area contributed by atoms with Crippen LogP contribution in [0.15, 0.2) is 40.2 Å². The molecular weight excluding hydrogens is 313 g/mol. The van der Waals surface area contributed by atoms with Crippen molar-refractivity contribution in [3.8, 4) is 0 Å². The van der Waals surface area contributed by atoms with Gasteiger partial charge in [-0.25, -0.2) is 4.39 Å². The van der Waals surface area contributed by atoms with E-state index in [1.165, 1.54) is 17.0 Å². The molecule has 1 aromatic heterocycles. The second-order valence-corrected chi connectivity index (χ2v) is 6.19. The monoisotopic (exact) mass is 327 g/mol. The molecule has 0 aliphatic rings.